The highest BCUT2D eigenvalue weighted by Crippen LogP contribution is 2.31. The second-order valence-corrected chi connectivity index (χ2v) is 6.04. The van der Waals surface area contributed by atoms with Gasteiger partial charge in [0.15, 0.2) is 11.5 Å². The third kappa shape index (κ3) is 2.81. The van der Waals surface area contributed by atoms with Crippen molar-refractivity contribution in [2.45, 2.75) is 6.92 Å². The van der Waals surface area contributed by atoms with Crippen molar-refractivity contribution in [1.29, 1.82) is 0 Å². The quantitative estimate of drug-likeness (QED) is 0.779. The van der Waals surface area contributed by atoms with Gasteiger partial charge in [0, 0.05) is 10.9 Å². The predicted molar refractivity (Wildman–Crippen MR) is 85.5 cm³/mol. The third-order valence-electron chi connectivity index (χ3n) is 3.29. The summed E-state index contributed by atoms with van der Waals surface area (Å²) in [7, 11) is 0. The van der Waals surface area contributed by atoms with Gasteiger partial charge in [0.1, 0.15) is 18.9 Å². The summed E-state index contributed by atoms with van der Waals surface area (Å²) in [6.45, 7) is 2.84. The number of rotatable bonds is 3. The van der Waals surface area contributed by atoms with Crippen LogP contribution in [0, 0.1) is 6.92 Å². The molecule has 0 bridgehead atoms. The Hall–Kier alpha value is -2.94. The fourth-order valence-electron chi connectivity index (χ4n) is 2.19. The topological polar surface area (TPSA) is 99.4 Å². The molecule has 0 spiro atoms. The number of nitrogens with zero attached hydrogens (tertiary/aromatic N) is 3. The number of aromatic nitrogens is 3. The molecule has 0 saturated heterocycles. The van der Waals surface area contributed by atoms with Crippen LogP contribution in [0.1, 0.15) is 15.4 Å². The second kappa shape index (κ2) is 5.93. The van der Waals surface area contributed by atoms with Crippen LogP contribution in [0.3, 0.4) is 0 Å². The van der Waals surface area contributed by atoms with Crippen molar-refractivity contribution in [2.75, 3.05) is 18.5 Å². The molecule has 0 fully saturated rings. The van der Waals surface area contributed by atoms with Crippen LogP contribution in [0.2, 0.25) is 0 Å². The number of benzene rings is 1. The Morgan fingerprint density at radius 2 is 2.04 bits per heavy atom. The molecule has 8 nitrogen and oxygen atoms in total. The Morgan fingerprint density at radius 1 is 1.21 bits per heavy atom. The van der Waals surface area contributed by atoms with Gasteiger partial charge in [-0.05, 0) is 25.1 Å². The predicted octanol–water partition coefficient (Wildman–Crippen LogP) is 2.53. The molecule has 0 aliphatic carbocycles. The van der Waals surface area contributed by atoms with E-state index < -0.39 is 0 Å². The number of carbonyl (C=O) groups is 1. The molecule has 122 valence electrons. The van der Waals surface area contributed by atoms with Gasteiger partial charge in [-0.25, -0.2) is 4.98 Å². The van der Waals surface area contributed by atoms with E-state index in [1.54, 1.807) is 18.2 Å². The van der Waals surface area contributed by atoms with Crippen LogP contribution in [-0.4, -0.2) is 34.3 Å². The average molecular weight is 344 g/mol. The van der Waals surface area contributed by atoms with Crippen LogP contribution in [0.5, 0.6) is 11.5 Å². The number of amides is 1. The number of fused-ring (bicyclic) bond motifs is 1. The third-order valence-corrected chi connectivity index (χ3v) is 4.06. The van der Waals surface area contributed by atoms with Gasteiger partial charge in [-0.2, -0.15) is 0 Å². The van der Waals surface area contributed by atoms with Gasteiger partial charge in [-0.3, -0.25) is 10.1 Å². The lowest BCUT2D eigenvalue weighted by atomic mass is 10.2. The lowest BCUT2D eigenvalue weighted by Crippen LogP contribution is -2.17. The zero-order valence-corrected chi connectivity index (χ0v) is 13.4. The summed E-state index contributed by atoms with van der Waals surface area (Å²) < 4.78 is 16.3. The fraction of sp³-hybridized carbons (Fsp3) is 0.200. The first kappa shape index (κ1) is 14.6. The molecule has 1 aliphatic heterocycles. The summed E-state index contributed by atoms with van der Waals surface area (Å²) in [6, 6.07) is 4.96. The fourth-order valence-corrected chi connectivity index (χ4v) is 2.78. The van der Waals surface area contributed by atoms with E-state index in [1.165, 1.54) is 11.3 Å². The summed E-state index contributed by atoms with van der Waals surface area (Å²) in [6.07, 6.45) is 0. The first-order chi connectivity index (χ1) is 11.7. The highest BCUT2D eigenvalue weighted by molar-refractivity contribution is 7.09. The smallest absolute Gasteiger partial charge is 0.322 e. The van der Waals surface area contributed by atoms with Gasteiger partial charge in [-0.1, -0.05) is 5.10 Å². The minimum Gasteiger partial charge on any atom is -0.486 e. The molecule has 1 amide bonds. The average Bonchev–Trinajstić information content (AvgIpc) is 3.23. The highest BCUT2D eigenvalue weighted by Gasteiger charge is 2.17. The van der Waals surface area contributed by atoms with Gasteiger partial charge in [0.05, 0.1) is 5.01 Å². The van der Waals surface area contributed by atoms with Crippen molar-refractivity contribution in [3.8, 4) is 23.1 Å². The molecule has 0 atom stereocenters. The van der Waals surface area contributed by atoms with Crippen molar-refractivity contribution < 1.29 is 18.7 Å². The van der Waals surface area contributed by atoms with E-state index in [1.807, 2.05) is 12.3 Å². The zero-order chi connectivity index (χ0) is 16.5. The van der Waals surface area contributed by atoms with E-state index in [4.69, 9.17) is 13.9 Å². The van der Waals surface area contributed by atoms with Crippen molar-refractivity contribution >= 4 is 23.3 Å². The Balaban J connectivity index is 1.51. The first-order valence-corrected chi connectivity index (χ1v) is 8.04. The molecule has 0 saturated carbocycles. The number of hydrogen-bond acceptors (Lipinski definition) is 8. The number of anilines is 1. The minimum atomic E-state index is -0.378. The van der Waals surface area contributed by atoms with Crippen LogP contribution >= 0.6 is 11.3 Å². The van der Waals surface area contributed by atoms with Crippen molar-refractivity contribution in [3.05, 3.63) is 34.2 Å². The van der Waals surface area contributed by atoms with E-state index in [2.05, 4.69) is 20.5 Å². The monoisotopic (exact) mass is 344 g/mol. The SMILES string of the molecule is Cc1nc(-c2nnc(NC(=O)c3ccc4c(c3)OCCO4)o2)cs1. The molecular formula is C15H12N4O4S. The summed E-state index contributed by atoms with van der Waals surface area (Å²) in [5.41, 5.74) is 0.994. The van der Waals surface area contributed by atoms with Crippen molar-refractivity contribution in [3.63, 3.8) is 0 Å². The lowest BCUT2D eigenvalue weighted by molar-refractivity contribution is 0.102. The van der Waals surface area contributed by atoms with Gasteiger partial charge in [0.25, 0.3) is 11.8 Å². The molecule has 24 heavy (non-hydrogen) atoms. The molecule has 3 heterocycles. The van der Waals surface area contributed by atoms with Crippen LogP contribution in [0.25, 0.3) is 11.6 Å². The number of hydrogen-bond donors (Lipinski definition) is 1. The van der Waals surface area contributed by atoms with Crippen LogP contribution in [0.15, 0.2) is 28.0 Å². The van der Waals surface area contributed by atoms with Crippen molar-refractivity contribution in [1.82, 2.24) is 15.2 Å². The highest BCUT2D eigenvalue weighted by atomic mass is 32.1. The summed E-state index contributed by atoms with van der Waals surface area (Å²) in [5.74, 6) is 1.04. The van der Waals surface area contributed by atoms with Gasteiger partial charge >= 0.3 is 6.01 Å². The van der Waals surface area contributed by atoms with Crippen molar-refractivity contribution in [2.24, 2.45) is 0 Å². The molecule has 0 radical (unpaired) electrons. The van der Waals surface area contributed by atoms with E-state index >= 15 is 0 Å². The molecule has 2 aromatic heterocycles. The van der Waals surface area contributed by atoms with Gasteiger partial charge < -0.3 is 13.9 Å². The van der Waals surface area contributed by atoms with Crippen LogP contribution in [-0.2, 0) is 0 Å². The summed E-state index contributed by atoms with van der Waals surface area (Å²) >= 11 is 1.48. The number of nitrogens with one attached hydrogen (secondary N) is 1. The normalized spacial score (nSPS) is 12.9. The largest absolute Gasteiger partial charge is 0.486 e. The Kier molecular flexibility index (Phi) is 3.62. The Morgan fingerprint density at radius 3 is 2.83 bits per heavy atom. The van der Waals surface area contributed by atoms with E-state index in [9.17, 15) is 4.79 Å². The minimum absolute atomic E-state index is 0.00976. The Bertz CT molecular complexity index is 905. The van der Waals surface area contributed by atoms with Crippen LogP contribution < -0.4 is 14.8 Å². The second-order valence-electron chi connectivity index (χ2n) is 4.98. The van der Waals surface area contributed by atoms with E-state index in [-0.39, 0.29) is 17.8 Å². The van der Waals surface area contributed by atoms with E-state index in [0.29, 0.717) is 36.0 Å². The number of carbonyl (C=O) groups excluding carboxylic acids is 1. The molecule has 0 unspecified atom stereocenters. The molecular weight excluding hydrogens is 332 g/mol. The molecule has 1 aliphatic rings. The zero-order valence-electron chi connectivity index (χ0n) is 12.6. The molecule has 1 aromatic carbocycles. The first-order valence-electron chi connectivity index (χ1n) is 7.16. The maximum Gasteiger partial charge on any atom is 0.322 e. The van der Waals surface area contributed by atoms with E-state index in [0.717, 1.165) is 5.01 Å². The maximum atomic E-state index is 12.3. The lowest BCUT2D eigenvalue weighted by Gasteiger charge is -2.18. The molecule has 1 N–H and O–H groups in total. The number of aryl methyl sites for hydroxylation is 1. The maximum absolute atomic E-state index is 12.3. The number of thiazole rings is 1. The molecule has 9 heteroatoms. The molecule has 3 aromatic rings. The van der Waals surface area contributed by atoms with Crippen LogP contribution in [0.4, 0.5) is 6.01 Å². The number of ether oxygens (including phenoxy) is 2. The van der Waals surface area contributed by atoms with Gasteiger partial charge in [0.2, 0.25) is 0 Å². The standard InChI is InChI=1S/C15H12N4O4S/c1-8-16-10(7-24-8)14-18-19-15(23-14)17-13(20)9-2-3-11-12(6-9)22-5-4-21-11/h2-3,6-7H,4-5H2,1H3,(H,17,19,20). The summed E-state index contributed by atoms with van der Waals surface area (Å²) in [5, 5.41) is 13.0. The van der Waals surface area contributed by atoms with Gasteiger partial charge in [-0.15, -0.1) is 16.4 Å². The Labute approximate surface area is 140 Å². The molecule has 4 rings (SSSR count). The summed E-state index contributed by atoms with van der Waals surface area (Å²) in [4.78, 5) is 16.6.